The molecule has 3 heterocycles. The van der Waals surface area contributed by atoms with Crippen LogP contribution >= 0.6 is 15.9 Å². The predicted octanol–water partition coefficient (Wildman–Crippen LogP) is 7.21. The number of rotatable bonds is 9. The molecule has 3 aromatic rings. The van der Waals surface area contributed by atoms with Gasteiger partial charge in [0.25, 0.3) is 0 Å². The Hall–Kier alpha value is -2.71. The van der Waals surface area contributed by atoms with Gasteiger partial charge in [-0.05, 0) is 74.4 Å². The van der Waals surface area contributed by atoms with Crippen molar-refractivity contribution < 1.29 is 14.3 Å². The first-order valence-electron chi connectivity index (χ1n) is 13.1. The summed E-state index contributed by atoms with van der Waals surface area (Å²) in [5, 5.41) is 1.07. The number of allylic oxidation sites excluding steroid dienone is 1. The van der Waals surface area contributed by atoms with Crippen molar-refractivity contribution in [3.05, 3.63) is 70.7 Å². The number of aryl methyl sites for hydroxylation is 1. The summed E-state index contributed by atoms with van der Waals surface area (Å²) < 4.78 is 15.1. The Morgan fingerprint density at radius 1 is 1.24 bits per heavy atom. The normalized spacial score (nSPS) is 18.1. The molecule has 7 nitrogen and oxygen atoms in total. The maximum atomic E-state index is 12.8. The van der Waals surface area contributed by atoms with E-state index in [4.69, 9.17) is 9.47 Å². The third-order valence-corrected chi connectivity index (χ3v) is 6.94. The lowest BCUT2D eigenvalue weighted by Gasteiger charge is -2.27. The summed E-state index contributed by atoms with van der Waals surface area (Å²) >= 11 is 3.68. The van der Waals surface area contributed by atoms with Gasteiger partial charge in [-0.15, -0.1) is 0 Å². The van der Waals surface area contributed by atoms with Crippen LogP contribution in [-0.4, -0.2) is 43.8 Å². The largest absolute Gasteiger partial charge is 0.444 e. The fourth-order valence-corrected chi connectivity index (χ4v) is 5.22. The Balaban J connectivity index is 1.31. The van der Waals surface area contributed by atoms with Crippen LogP contribution in [0.1, 0.15) is 70.9 Å². The lowest BCUT2D eigenvalue weighted by atomic mass is 10.1. The molecule has 8 heteroatoms. The Labute approximate surface area is 228 Å². The molecule has 0 N–H and O–H groups in total. The van der Waals surface area contributed by atoms with E-state index in [1.165, 1.54) is 0 Å². The Kier molecular flexibility index (Phi) is 9.03. The summed E-state index contributed by atoms with van der Waals surface area (Å²) in [5.41, 5.74) is 2.52. The highest BCUT2D eigenvalue weighted by Crippen LogP contribution is 2.35. The van der Waals surface area contributed by atoms with Gasteiger partial charge in [-0.25, -0.2) is 14.8 Å². The predicted molar refractivity (Wildman–Crippen MR) is 149 cm³/mol. The summed E-state index contributed by atoms with van der Waals surface area (Å²) in [6.07, 6.45) is 12.2. The van der Waals surface area contributed by atoms with Gasteiger partial charge in [0.05, 0.1) is 17.2 Å². The van der Waals surface area contributed by atoms with E-state index in [9.17, 15) is 4.79 Å². The standard InChI is InChI=1S/C29H37BrN4O3/c1-5-24-26-23(30)19-34(27(26)32-20-31-24)25-16-15-22(36-25)14-10-7-11-17-33(28(35)37-29(2,3)4)18-21-12-8-6-9-13-21/h6,8-10,12-14,19-20,22,25H,5,7,11,15-18H2,1-4H3/b14-10+. The number of hydrogen-bond acceptors (Lipinski definition) is 5. The van der Waals surface area contributed by atoms with Gasteiger partial charge < -0.3 is 18.9 Å². The third kappa shape index (κ3) is 7.20. The quantitative estimate of drug-likeness (QED) is 0.201. The first kappa shape index (κ1) is 27.3. The minimum atomic E-state index is -0.521. The van der Waals surface area contributed by atoms with Gasteiger partial charge in [-0.3, -0.25) is 0 Å². The van der Waals surface area contributed by atoms with Gasteiger partial charge in [0.1, 0.15) is 23.8 Å². The number of amides is 1. The van der Waals surface area contributed by atoms with E-state index in [0.717, 1.165) is 58.9 Å². The summed E-state index contributed by atoms with van der Waals surface area (Å²) in [5.74, 6) is 0. The molecule has 1 aliphatic rings. The number of nitrogens with zero attached hydrogens (tertiary/aromatic N) is 4. The zero-order valence-corrected chi connectivity index (χ0v) is 23.8. The van der Waals surface area contributed by atoms with Crippen LogP contribution < -0.4 is 0 Å². The Morgan fingerprint density at radius 2 is 2.03 bits per heavy atom. The molecule has 0 radical (unpaired) electrons. The van der Waals surface area contributed by atoms with Crippen LogP contribution in [0.2, 0.25) is 0 Å². The number of aromatic nitrogens is 3. The zero-order valence-electron chi connectivity index (χ0n) is 22.2. The molecule has 2 atom stereocenters. The fraction of sp³-hybridized carbons (Fsp3) is 0.483. The highest BCUT2D eigenvalue weighted by molar-refractivity contribution is 9.10. The minimum Gasteiger partial charge on any atom is -0.444 e. The number of carbonyl (C=O) groups excluding carboxylic acids is 1. The average Bonchev–Trinajstić information content (AvgIpc) is 3.47. The molecule has 2 unspecified atom stereocenters. The van der Waals surface area contributed by atoms with Crippen LogP contribution in [0.4, 0.5) is 4.79 Å². The first-order chi connectivity index (χ1) is 17.7. The van der Waals surface area contributed by atoms with Crippen molar-refractivity contribution in [2.75, 3.05) is 6.54 Å². The molecule has 1 amide bonds. The average molecular weight is 570 g/mol. The van der Waals surface area contributed by atoms with E-state index in [0.29, 0.717) is 13.1 Å². The SMILES string of the molecule is CCc1ncnc2c1c(Br)cn2C1CCC(/C=C/CCCN(Cc2ccccc2)C(=O)OC(C)(C)C)O1. The number of halogens is 1. The van der Waals surface area contributed by atoms with Crippen LogP contribution in [0.5, 0.6) is 0 Å². The maximum absolute atomic E-state index is 12.8. The smallest absolute Gasteiger partial charge is 0.410 e. The fourth-order valence-electron chi connectivity index (χ4n) is 4.59. The van der Waals surface area contributed by atoms with Crippen molar-refractivity contribution in [1.82, 2.24) is 19.4 Å². The molecule has 0 aliphatic carbocycles. The molecule has 0 saturated carbocycles. The molecule has 1 fully saturated rings. The van der Waals surface area contributed by atoms with Crippen LogP contribution in [-0.2, 0) is 22.4 Å². The van der Waals surface area contributed by atoms with Gasteiger partial charge in [0.2, 0.25) is 0 Å². The second-order valence-electron chi connectivity index (χ2n) is 10.4. The summed E-state index contributed by atoms with van der Waals surface area (Å²) in [4.78, 5) is 23.5. The van der Waals surface area contributed by atoms with Crippen LogP contribution in [0.25, 0.3) is 11.0 Å². The van der Waals surface area contributed by atoms with Crippen LogP contribution in [0.3, 0.4) is 0 Å². The van der Waals surface area contributed by atoms with Crippen molar-refractivity contribution >= 4 is 33.1 Å². The van der Waals surface area contributed by atoms with E-state index >= 15 is 0 Å². The molecule has 198 valence electrons. The van der Waals surface area contributed by atoms with Gasteiger partial charge >= 0.3 is 6.09 Å². The van der Waals surface area contributed by atoms with Crippen molar-refractivity contribution in [3.8, 4) is 0 Å². The first-order valence-corrected chi connectivity index (χ1v) is 13.9. The molecule has 4 rings (SSSR count). The summed E-state index contributed by atoms with van der Waals surface area (Å²) in [6, 6.07) is 10.0. The monoisotopic (exact) mass is 568 g/mol. The van der Waals surface area contributed by atoms with Gasteiger partial charge in [-0.2, -0.15) is 0 Å². The molecule has 1 aliphatic heterocycles. The third-order valence-electron chi connectivity index (χ3n) is 6.33. The molecule has 0 spiro atoms. The second kappa shape index (κ2) is 12.2. The van der Waals surface area contributed by atoms with Crippen LogP contribution in [0.15, 0.2) is 59.5 Å². The number of ether oxygens (including phenoxy) is 2. The van der Waals surface area contributed by atoms with Crippen molar-refractivity contribution in [1.29, 1.82) is 0 Å². The number of carbonyl (C=O) groups is 1. The van der Waals surface area contributed by atoms with E-state index in [1.54, 1.807) is 11.2 Å². The van der Waals surface area contributed by atoms with Crippen molar-refractivity contribution in [3.63, 3.8) is 0 Å². The number of hydrogen-bond donors (Lipinski definition) is 0. The van der Waals surface area contributed by atoms with Gasteiger partial charge in [0.15, 0.2) is 0 Å². The summed E-state index contributed by atoms with van der Waals surface area (Å²) in [7, 11) is 0. The lowest BCUT2D eigenvalue weighted by Crippen LogP contribution is -2.37. The molecule has 0 bridgehead atoms. The molecule has 1 saturated heterocycles. The molecular weight excluding hydrogens is 532 g/mol. The van der Waals surface area contributed by atoms with Crippen LogP contribution in [0, 0.1) is 0 Å². The van der Waals surface area contributed by atoms with Crippen molar-refractivity contribution in [2.24, 2.45) is 0 Å². The van der Waals surface area contributed by atoms with Gasteiger partial charge in [-0.1, -0.05) is 49.4 Å². The van der Waals surface area contributed by atoms with Gasteiger partial charge in [0, 0.05) is 23.8 Å². The molecule has 37 heavy (non-hydrogen) atoms. The second-order valence-corrected chi connectivity index (χ2v) is 11.3. The highest BCUT2D eigenvalue weighted by atomic mass is 79.9. The minimum absolute atomic E-state index is 0.0448. The topological polar surface area (TPSA) is 69.5 Å². The van der Waals surface area contributed by atoms with E-state index in [1.807, 2.05) is 51.1 Å². The maximum Gasteiger partial charge on any atom is 0.410 e. The number of fused-ring (bicyclic) bond motifs is 1. The Morgan fingerprint density at radius 3 is 2.76 bits per heavy atom. The van der Waals surface area contributed by atoms with Crippen molar-refractivity contribution in [2.45, 2.75) is 84.3 Å². The molecule has 2 aromatic heterocycles. The van der Waals surface area contributed by atoms with E-state index in [2.05, 4.69) is 55.7 Å². The molecule has 1 aromatic carbocycles. The number of unbranched alkanes of at least 4 members (excludes halogenated alkanes) is 1. The van der Waals surface area contributed by atoms with E-state index < -0.39 is 5.60 Å². The summed E-state index contributed by atoms with van der Waals surface area (Å²) in [6.45, 7) is 8.96. The lowest BCUT2D eigenvalue weighted by molar-refractivity contribution is 0.0228. The zero-order chi connectivity index (χ0) is 26.4. The number of benzene rings is 1. The van der Waals surface area contributed by atoms with E-state index in [-0.39, 0.29) is 18.4 Å². The highest BCUT2D eigenvalue weighted by Gasteiger charge is 2.27. The molecular formula is C29H37BrN4O3. The Bertz CT molecular complexity index is 1220.